The molecule has 6 nitrogen and oxygen atoms in total. The molecule has 0 bridgehead atoms. The Balaban J connectivity index is 1.92. The molecule has 0 spiro atoms. The first kappa shape index (κ1) is 18.1. The number of carbonyl (C=O) groups is 1. The Morgan fingerprint density at radius 2 is 2.09 bits per heavy atom. The summed E-state index contributed by atoms with van der Waals surface area (Å²) in [6.45, 7) is 6.77. The number of ether oxygens (including phenoxy) is 1. The highest BCUT2D eigenvalue weighted by Gasteiger charge is 2.29. The van der Waals surface area contributed by atoms with Crippen molar-refractivity contribution in [2.45, 2.75) is 44.4 Å². The van der Waals surface area contributed by atoms with Gasteiger partial charge < -0.3 is 9.64 Å². The molecule has 1 aromatic heterocycles. The van der Waals surface area contributed by atoms with Crippen molar-refractivity contribution in [3.05, 3.63) is 17.4 Å². The van der Waals surface area contributed by atoms with E-state index in [1.54, 1.807) is 4.90 Å². The number of hydrogen-bond donors (Lipinski definition) is 0. The molecule has 1 aliphatic heterocycles. The largest absolute Gasteiger partial charge is 0.444 e. The van der Waals surface area contributed by atoms with Crippen LogP contribution >= 0.6 is 11.6 Å². The fourth-order valence-electron chi connectivity index (χ4n) is 2.40. The van der Waals surface area contributed by atoms with Crippen molar-refractivity contribution in [2.24, 2.45) is 5.92 Å². The first-order chi connectivity index (χ1) is 10.7. The number of amides is 1. The predicted molar refractivity (Wildman–Crippen MR) is 88.8 cm³/mol. The highest BCUT2D eigenvalue weighted by atomic mass is 35.5. The van der Waals surface area contributed by atoms with E-state index in [0.717, 1.165) is 12.8 Å². The minimum absolute atomic E-state index is 0.149. The van der Waals surface area contributed by atoms with Gasteiger partial charge >= 0.3 is 6.09 Å². The van der Waals surface area contributed by atoms with Crippen LogP contribution in [-0.4, -0.2) is 49.6 Å². The molecule has 0 saturated carbocycles. The fraction of sp³-hybridized carbons (Fsp3) is 0.667. The third-order valence-corrected chi connectivity index (χ3v) is 4.95. The molecule has 1 aromatic rings. The van der Waals surface area contributed by atoms with E-state index in [0.29, 0.717) is 23.9 Å². The van der Waals surface area contributed by atoms with E-state index in [1.807, 2.05) is 20.8 Å². The summed E-state index contributed by atoms with van der Waals surface area (Å²) in [6, 6.07) is 0. The Hall–Kier alpha value is -1.21. The monoisotopic (exact) mass is 359 g/mol. The average Bonchev–Trinajstić information content (AvgIpc) is 2.46. The van der Waals surface area contributed by atoms with Gasteiger partial charge in [-0.05, 0) is 39.5 Å². The first-order valence-electron chi connectivity index (χ1n) is 7.58. The summed E-state index contributed by atoms with van der Waals surface area (Å²) in [5, 5.41) is 0.698. The van der Waals surface area contributed by atoms with Crippen LogP contribution in [0.5, 0.6) is 0 Å². The lowest BCUT2D eigenvalue weighted by atomic mass is 10.0. The maximum Gasteiger partial charge on any atom is 0.410 e. The summed E-state index contributed by atoms with van der Waals surface area (Å²) >= 11 is 5.73. The number of likely N-dealkylation sites (tertiary alicyclic amines) is 1. The standard InChI is InChI=1S/C15H22ClN3O3S/c1-15(2,3)22-14(20)19-6-4-5-11(9-19)10-23(21)13-17-7-12(16)8-18-13/h7-8,11H,4-6,9-10H2,1-3H3/t11-,23-/m0/s1. The van der Waals surface area contributed by atoms with Crippen molar-refractivity contribution in [2.75, 3.05) is 18.8 Å². The number of aromatic nitrogens is 2. The van der Waals surface area contributed by atoms with Gasteiger partial charge in [0.25, 0.3) is 0 Å². The Kier molecular flexibility index (Phi) is 5.97. The third kappa shape index (κ3) is 5.73. The Bertz CT molecular complexity index is 574. The van der Waals surface area contributed by atoms with E-state index in [1.165, 1.54) is 12.4 Å². The van der Waals surface area contributed by atoms with Gasteiger partial charge in [0.15, 0.2) is 0 Å². The summed E-state index contributed by atoms with van der Waals surface area (Å²) in [5.41, 5.74) is -0.510. The van der Waals surface area contributed by atoms with Gasteiger partial charge in [-0.25, -0.2) is 14.8 Å². The van der Waals surface area contributed by atoms with Crippen molar-refractivity contribution in [1.82, 2.24) is 14.9 Å². The van der Waals surface area contributed by atoms with Crippen LogP contribution in [0.25, 0.3) is 0 Å². The van der Waals surface area contributed by atoms with E-state index in [2.05, 4.69) is 9.97 Å². The zero-order valence-electron chi connectivity index (χ0n) is 13.6. The van der Waals surface area contributed by atoms with Gasteiger partial charge in [0.2, 0.25) is 5.16 Å². The van der Waals surface area contributed by atoms with Crippen LogP contribution in [0.15, 0.2) is 17.6 Å². The lowest BCUT2D eigenvalue weighted by molar-refractivity contribution is 0.0176. The molecule has 0 aromatic carbocycles. The smallest absolute Gasteiger partial charge is 0.410 e. The normalized spacial score (nSPS) is 20.2. The maximum atomic E-state index is 12.3. The number of piperidine rings is 1. The van der Waals surface area contributed by atoms with Crippen LogP contribution in [0.4, 0.5) is 4.79 Å². The number of carbonyl (C=O) groups excluding carboxylic acids is 1. The summed E-state index contributed by atoms with van der Waals surface area (Å²) in [6.07, 6.45) is 4.38. The second kappa shape index (κ2) is 7.57. The molecular weight excluding hydrogens is 338 g/mol. The third-order valence-electron chi connectivity index (χ3n) is 3.36. The predicted octanol–water partition coefficient (Wildman–Crippen LogP) is 2.88. The van der Waals surface area contributed by atoms with E-state index in [4.69, 9.17) is 16.3 Å². The molecule has 0 unspecified atom stereocenters. The molecule has 1 fully saturated rings. The molecule has 2 heterocycles. The van der Waals surface area contributed by atoms with Gasteiger partial charge in [-0.2, -0.15) is 0 Å². The van der Waals surface area contributed by atoms with Gasteiger partial charge in [0.1, 0.15) is 5.60 Å². The Morgan fingerprint density at radius 1 is 1.43 bits per heavy atom. The molecule has 128 valence electrons. The van der Waals surface area contributed by atoms with Gasteiger partial charge in [0, 0.05) is 18.8 Å². The molecule has 0 radical (unpaired) electrons. The van der Waals surface area contributed by atoms with E-state index in [-0.39, 0.29) is 17.2 Å². The highest BCUT2D eigenvalue weighted by molar-refractivity contribution is 7.84. The molecular formula is C15H22ClN3O3S. The Labute approximate surface area is 144 Å². The van der Waals surface area contributed by atoms with Crippen molar-refractivity contribution in [1.29, 1.82) is 0 Å². The summed E-state index contributed by atoms with van der Waals surface area (Å²) in [4.78, 5) is 21.8. The number of hydrogen-bond acceptors (Lipinski definition) is 5. The van der Waals surface area contributed by atoms with E-state index in [9.17, 15) is 9.00 Å². The van der Waals surface area contributed by atoms with Gasteiger partial charge in [-0.3, -0.25) is 4.21 Å². The summed E-state index contributed by atoms with van der Waals surface area (Å²) < 4.78 is 17.7. The van der Waals surface area contributed by atoms with Crippen molar-refractivity contribution in [3.8, 4) is 0 Å². The van der Waals surface area contributed by atoms with Gasteiger partial charge in [-0.15, -0.1) is 0 Å². The van der Waals surface area contributed by atoms with Crippen molar-refractivity contribution < 1.29 is 13.7 Å². The van der Waals surface area contributed by atoms with Crippen molar-refractivity contribution in [3.63, 3.8) is 0 Å². The zero-order chi connectivity index (χ0) is 17.0. The van der Waals surface area contributed by atoms with Crippen LogP contribution in [0, 0.1) is 5.92 Å². The lowest BCUT2D eigenvalue weighted by Gasteiger charge is -2.33. The maximum absolute atomic E-state index is 12.3. The fourth-order valence-corrected chi connectivity index (χ4v) is 3.69. The second-order valence-electron chi connectivity index (χ2n) is 6.63. The first-order valence-corrected chi connectivity index (χ1v) is 9.28. The summed E-state index contributed by atoms with van der Waals surface area (Å²) in [5.74, 6) is 0.581. The minimum Gasteiger partial charge on any atom is -0.444 e. The van der Waals surface area contributed by atoms with E-state index >= 15 is 0 Å². The number of rotatable bonds is 3. The average molecular weight is 360 g/mol. The van der Waals surface area contributed by atoms with Crippen LogP contribution in [0.3, 0.4) is 0 Å². The number of halogens is 1. The quantitative estimate of drug-likeness (QED) is 0.776. The van der Waals surface area contributed by atoms with E-state index < -0.39 is 16.4 Å². The van der Waals surface area contributed by atoms with Crippen molar-refractivity contribution >= 4 is 28.5 Å². The van der Waals surface area contributed by atoms with Crippen LogP contribution in [0.1, 0.15) is 33.6 Å². The second-order valence-corrected chi connectivity index (χ2v) is 8.46. The van der Waals surface area contributed by atoms with Crippen LogP contribution in [0.2, 0.25) is 5.02 Å². The minimum atomic E-state index is -1.30. The summed E-state index contributed by atoms with van der Waals surface area (Å²) in [7, 11) is -1.30. The zero-order valence-corrected chi connectivity index (χ0v) is 15.2. The van der Waals surface area contributed by atoms with Gasteiger partial charge in [-0.1, -0.05) is 11.6 Å². The van der Waals surface area contributed by atoms with Crippen LogP contribution < -0.4 is 0 Å². The molecule has 0 N–H and O–H groups in total. The molecule has 1 amide bonds. The SMILES string of the molecule is CC(C)(C)OC(=O)N1CCC[C@H](C[S@](=O)c2ncc(Cl)cn2)C1. The molecule has 2 atom stereocenters. The topological polar surface area (TPSA) is 72.4 Å². The molecule has 8 heteroatoms. The molecule has 1 saturated heterocycles. The van der Waals surface area contributed by atoms with Gasteiger partial charge in [0.05, 0.1) is 28.2 Å². The molecule has 23 heavy (non-hydrogen) atoms. The highest BCUT2D eigenvalue weighted by Crippen LogP contribution is 2.21. The molecule has 0 aliphatic carbocycles. The van der Waals surface area contributed by atoms with Crippen LogP contribution in [-0.2, 0) is 15.5 Å². The Morgan fingerprint density at radius 3 is 2.70 bits per heavy atom. The number of nitrogens with zero attached hydrogens (tertiary/aromatic N) is 3. The lowest BCUT2D eigenvalue weighted by Crippen LogP contribution is -2.44. The molecule has 1 aliphatic rings. The molecule has 2 rings (SSSR count).